The van der Waals surface area contributed by atoms with Crippen LogP contribution in [0.4, 0.5) is 0 Å². The molecule has 566 valence electrons. The summed E-state index contributed by atoms with van der Waals surface area (Å²) in [6.07, 6.45) is -80.0. The van der Waals surface area contributed by atoms with Crippen molar-refractivity contribution in [1.29, 1.82) is 0 Å². The molecule has 9 aliphatic rings. The third kappa shape index (κ3) is 16.3. The summed E-state index contributed by atoms with van der Waals surface area (Å²) < 4.78 is 101. The lowest BCUT2D eigenvalue weighted by Crippen LogP contribution is -2.71. The summed E-state index contributed by atoms with van der Waals surface area (Å²) in [6.45, 7) is -0.886. The van der Waals surface area contributed by atoms with Gasteiger partial charge in [0, 0.05) is 0 Å². The van der Waals surface area contributed by atoms with E-state index in [-0.39, 0.29) is 0 Å². The van der Waals surface area contributed by atoms with E-state index in [4.69, 9.17) is 92.0 Å². The molecular formula is C55H96N2O40. The fourth-order valence-corrected chi connectivity index (χ4v) is 13.1. The van der Waals surface area contributed by atoms with Crippen molar-refractivity contribution in [2.45, 2.75) is 304 Å². The number of aliphatic hydroxyl groups is 23. The van der Waals surface area contributed by atoms with E-state index in [0.29, 0.717) is 0 Å². The lowest BCUT2D eigenvalue weighted by Gasteiger charge is -2.52. The minimum Gasteiger partial charge on any atom is -0.394 e. The quantitative estimate of drug-likeness (QED) is 0.0479. The lowest BCUT2D eigenvalue weighted by molar-refractivity contribution is -0.403. The largest absolute Gasteiger partial charge is 0.394 e. The van der Waals surface area contributed by atoms with Crippen molar-refractivity contribution < 1.29 is 198 Å². The standard InChI is InChI=1S/C55H96N2O40/c1-11-26(67)33(74)40(18(8-61)81-11)90-53-38(79)45(28(69)16(6-59)85-53)95-48-21(56)43(93-50-35(76)30(71)23(64)12(2)82-50)41(19(9-62)88-48)91-54-39(80)46(29(70)17(7-60)86-54)96-49-22(57)44(94-51-36(77)31(72)24(65)13(3)83-51)42(20(10-63)89-49)92-55-47(34(75)27(68)15(5-58)87-55)97-52-37(78)32(73)25(66)14(4)84-52/h11-55,58-80H,5-10,56-57H2,1-4H3/t11-,12?,13?,14-,15?,16?,17?,18?,19?,20?,21?,22?,23+,24+,25?,26?,27-,28-,29-,30?,31?,32?,33?,34?,35+,36+,37?,38?,39?,40+,41+,42+,43?,44?,45?,46?,47?,48-,49-,50?,51?,52-,53-,54-,55-/m0/s1. The second-order valence-corrected chi connectivity index (χ2v) is 25.6. The van der Waals surface area contributed by atoms with Crippen LogP contribution in [0, 0.1) is 0 Å². The van der Waals surface area contributed by atoms with Gasteiger partial charge in [0.25, 0.3) is 0 Å². The van der Waals surface area contributed by atoms with Crippen molar-refractivity contribution in [3.63, 3.8) is 0 Å². The van der Waals surface area contributed by atoms with Crippen LogP contribution in [0.15, 0.2) is 0 Å². The Labute approximate surface area is 551 Å². The van der Waals surface area contributed by atoms with E-state index in [1.54, 1.807) is 0 Å². The highest BCUT2D eigenvalue weighted by atomic mass is 16.8. The first-order chi connectivity index (χ1) is 45.9. The van der Waals surface area contributed by atoms with Gasteiger partial charge in [0.15, 0.2) is 50.3 Å². The summed E-state index contributed by atoms with van der Waals surface area (Å²) in [6, 6.07) is -3.81. The van der Waals surface area contributed by atoms with Crippen LogP contribution in [0.1, 0.15) is 27.7 Å². The molecule has 0 bridgehead atoms. The van der Waals surface area contributed by atoms with E-state index in [0.717, 1.165) is 0 Å². The third-order valence-electron chi connectivity index (χ3n) is 19.1. The molecular weight excluding hydrogens is 1330 g/mol. The summed E-state index contributed by atoms with van der Waals surface area (Å²) in [7, 11) is 0. The molecule has 0 aromatic carbocycles. The van der Waals surface area contributed by atoms with Crippen molar-refractivity contribution >= 4 is 0 Å². The van der Waals surface area contributed by atoms with Gasteiger partial charge in [0.05, 0.1) is 76.1 Å². The predicted octanol–water partition coefficient (Wildman–Crippen LogP) is -16.5. The zero-order chi connectivity index (χ0) is 71.2. The van der Waals surface area contributed by atoms with Gasteiger partial charge in [-0.25, -0.2) is 0 Å². The SMILES string of the molecule is CC1OC(OC2C(N)[C@H](OC3C(O)[C@H](O[C@@H]4C(CO)O[C@@H](C)C(O)C4O)OC(CO)[C@@H]3O)OC(CO)[C@H]2O[C@@H]2OC(CO)[C@H](O)C(O[C@@H]3OC(CO)[C@@H](O[C@@H]4OC(CO)[C@H](O)C(O)C4O[C@@H]4O[C@@H](C)C(O)C(O)C4O)C(OC4OC(C)[C@@H](O)C(O)[C@H]4O)C3N)C2O)[C@H](O)C(O)[C@@H]1O. The van der Waals surface area contributed by atoms with Gasteiger partial charge in [0.2, 0.25) is 0 Å². The Hall–Kier alpha value is -1.68. The van der Waals surface area contributed by atoms with Crippen LogP contribution in [-0.2, 0) is 80.5 Å². The summed E-state index contributed by atoms with van der Waals surface area (Å²) in [5.74, 6) is 0. The molecule has 0 aliphatic carbocycles. The third-order valence-corrected chi connectivity index (χ3v) is 19.1. The Kier molecular flexibility index (Phi) is 27.5. The van der Waals surface area contributed by atoms with Crippen LogP contribution in [0.3, 0.4) is 0 Å². The molecule has 0 spiro atoms. The van der Waals surface area contributed by atoms with Gasteiger partial charge < -0.3 is 209 Å². The number of nitrogens with two attached hydrogens (primary N) is 2. The van der Waals surface area contributed by atoms with Crippen LogP contribution < -0.4 is 11.5 Å². The Morgan fingerprint density at radius 1 is 0.206 bits per heavy atom. The van der Waals surface area contributed by atoms with Crippen LogP contribution in [0.5, 0.6) is 0 Å². The first kappa shape index (κ1) is 79.4. The van der Waals surface area contributed by atoms with Crippen molar-refractivity contribution in [3.05, 3.63) is 0 Å². The molecule has 9 fully saturated rings. The molecule has 42 heteroatoms. The predicted molar refractivity (Wildman–Crippen MR) is 300 cm³/mol. The number of ether oxygens (including phenoxy) is 17. The smallest absolute Gasteiger partial charge is 0.187 e. The van der Waals surface area contributed by atoms with Crippen LogP contribution in [-0.4, -0.2) is 433 Å². The minimum atomic E-state index is -2.35. The Morgan fingerprint density at radius 3 is 0.825 bits per heavy atom. The molecule has 27 N–H and O–H groups in total. The fourth-order valence-electron chi connectivity index (χ4n) is 13.1. The van der Waals surface area contributed by atoms with Crippen molar-refractivity contribution in [1.82, 2.24) is 0 Å². The van der Waals surface area contributed by atoms with Gasteiger partial charge in [0.1, 0.15) is 189 Å². The summed E-state index contributed by atoms with van der Waals surface area (Å²) in [5.41, 5.74) is 13.7. The van der Waals surface area contributed by atoms with E-state index in [1.807, 2.05) is 0 Å². The van der Waals surface area contributed by atoms with Gasteiger partial charge >= 0.3 is 0 Å². The van der Waals surface area contributed by atoms with E-state index in [2.05, 4.69) is 0 Å². The topological polar surface area (TPSA) is 674 Å². The zero-order valence-electron chi connectivity index (χ0n) is 52.6. The van der Waals surface area contributed by atoms with Crippen molar-refractivity contribution in [3.8, 4) is 0 Å². The summed E-state index contributed by atoms with van der Waals surface area (Å²) in [5, 5.41) is 252. The molecule has 9 rings (SSSR count). The van der Waals surface area contributed by atoms with Crippen molar-refractivity contribution in [2.24, 2.45) is 11.5 Å². The Morgan fingerprint density at radius 2 is 0.454 bits per heavy atom. The monoisotopic (exact) mass is 1420 g/mol. The Balaban J connectivity index is 1.00. The highest BCUT2D eigenvalue weighted by Crippen LogP contribution is 2.40. The Bertz CT molecular complexity index is 2410. The molecule has 0 radical (unpaired) electrons. The average molecular weight is 1430 g/mol. The lowest BCUT2D eigenvalue weighted by atomic mass is 9.93. The highest BCUT2D eigenvalue weighted by Gasteiger charge is 2.61. The molecule has 42 nitrogen and oxygen atoms in total. The molecule has 9 heterocycles. The number of hydrogen-bond acceptors (Lipinski definition) is 42. The first-order valence-electron chi connectivity index (χ1n) is 31.7. The molecule has 27 unspecified atom stereocenters. The zero-order valence-corrected chi connectivity index (χ0v) is 52.6. The molecule has 0 amide bonds. The van der Waals surface area contributed by atoms with Crippen LogP contribution >= 0.6 is 0 Å². The highest BCUT2D eigenvalue weighted by molar-refractivity contribution is 5.04. The first-order valence-corrected chi connectivity index (χ1v) is 31.7. The molecule has 0 saturated carbocycles. The molecule has 0 aromatic heterocycles. The number of aliphatic hydroxyl groups excluding tert-OH is 23. The summed E-state index contributed by atoms with van der Waals surface area (Å²) >= 11 is 0. The molecule has 45 atom stereocenters. The molecule has 97 heavy (non-hydrogen) atoms. The van der Waals surface area contributed by atoms with Crippen molar-refractivity contribution in [2.75, 3.05) is 39.6 Å². The van der Waals surface area contributed by atoms with E-state index >= 15 is 0 Å². The second-order valence-electron chi connectivity index (χ2n) is 25.6. The maximum absolute atomic E-state index is 12.3. The van der Waals surface area contributed by atoms with Gasteiger partial charge in [-0.3, -0.25) is 0 Å². The minimum absolute atomic E-state index is 0.778. The summed E-state index contributed by atoms with van der Waals surface area (Å²) in [4.78, 5) is 0. The fraction of sp³-hybridized carbons (Fsp3) is 1.00. The molecule has 9 aliphatic heterocycles. The van der Waals surface area contributed by atoms with E-state index in [9.17, 15) is 117 Å². The molecule has 0 aromatic rings. The number of rotatable bonds is 22. The molecule has 9 saturated heterocycles. The maximum atomic E-state index is 12.3. The average Bonchev–Trinajstić information content (AvgIpc) is 0.770. The van der Waals surface area contributed by atoms with E-state index in [1.165, 1.54) is 27.7 Å². The van der Waals surface area contributed by atoms with Crippen LogP contribution in [0.25, 0.3) is 0 Å². The van der Waals surface area contributed by atoms with Gasteiger partial charge in [-0.2, -0.15) is 0 Å². The van der Waals surface area contributed by atoms with Gasteiger partial charge in [-0.1, -0.05) is 0 Å². The maximum Gasteiger partial charge on any atom is 0.187 e. The van der Waals surface area contributed by atoms with Gasteiger partial charge in [-0.05, 0) is 27.7 Å². The van der Waals surface area contributed by atoms with E-state index < -0.39 is 316 Å². The normalized spacial score (nSPS) is 55.0. The number of hydrogen-bond donors (Lipinski definition) is 25. The van der Waals surface area contributed by atoms with Crippen LogP contribution in [0.2, 0.25) is 0 Å². The van der Waals surface area contributed by atoms with Gasteiger partial charge in [-0.15, -0.1) is 0 Å². The second kappa shape index (κ2) is 33.6.